The molecule has 0 saturated heterocycles. The largest absolute Gasteiger partial charge is 0.348 e. The third kappa shape index (κ3) is 5.86. The Balaban J connectivity index is 1.41. The lowest BCUT2D eigenvalue weighted by molar-refractivity contribution is -0.122. The van der Waals surface area contributed by atoms with Gasteiger partial charge in [0.05, 0.1) is 12.1 Å². The van der Waals surface area contributed by atoms with Crippen molar-refractivity contribution in [3.63, 3.8) is 0 Å². The van der Waals surface area contributed by atoms with Gasteiger partial charge >= 0.3 is 0 Å². The second-order valence-corrected chi connectivity index (χ2v) is 10.3. The van der Waals surface area contributed by atoms with Gasteiger partial charge in [-0.1, -0.05) is 111 Å². The molecule has 1 aliphatic heterocycles. The molecule has 2 amide bonds. The van der Waals surface area contributed by atoms with Gasteiger partial charge in [-0.05, 0) is 56.6 Å². The van der Waals surface area contributed by atoms with E-state index in [9.17, 15) is 9.59 Å². The van der Waals surface area contributed by atoms with Gasteiger partial charge in [-0.15, -0.1) is 0 Å². The average Bonchev–Trinajstić information content (AvgIpc) is 2.93. The minimum Gasteiger partial charge on any atom is -0.348 e. The Kier molecular flexibility index (Phi) is 7.69. The van der Waals surface area contributed by atoms with Crippen molar-refractivity contribution in [1.82, 2.24) is 10.6 Å². The van der Waals surface area contributed by atoms with Crippen LogP contribution in [0.3, 0.4) is 0 Å². The van der Waals surface area contributed by atoms with Crippen LogP contribution in [0, 0.1) is 11.8 Å². The molecule has 1 heterocycles. The van der Waals surface area contributed by atoms with Gasteiger partial charge in [0.1, 0.15) is 0 Å². The molecule has 0 aliphatic carbocycles. The molecule has 4 atom stereocenters. The maximum absolute atomic E-state index is 13.0. The van der Waals surface area contributed by atoms with Crippen LogP contribution in [0.2, 0.25) is 0 Å². The zero-order chi connectivity index (χ0) is 26.5. The van der Waals surface area contributed by atoms with Gasteiger partial charge < -0.3 is 10.6 Å². The first-order valence-corrected chi connectivity index (χ1v) is 13.4. The summed E-state index contributed by atoms with van der Waals surface area (Å²) < 4.78 is 0. The molecule has 192 valence electrons. The van der Waals surface area contributed by atoms with Gasteiger partial charge in [0.2, 0.25) is 11.8 Å². The monoisotopic (exact) mass is 502 g/mol. The van der Waals surface area contributed by atoms with E-state index in [1.807, 2.05) is 48.6 Å². The lowest BCUT2D eigenvalue weighted by Gasteiger charge is -2.26. The fourth-order valence-electron chi connectivity index (χ4n) is 5.31. The number of amides is 2. The minimum absolute atomic E-state index is 0.00930. The molecule has 4 heteroatoms. The predicted molar refractivity (Wildman–Crippen MR) is 156 cm³/mol. The van der Waals surface area contributed by atoms with E-state index in [1.54, 1.807) is 0 Å². The molecule has 4 nitrogen and oxygen atoms in total. The Hall–Kier alpha value is -4.18. The molecule has 4 aromatic carbocycles. The van der Waals surface area contributed by atoms with E-state index in [0.29, 0.717) is 0 Å². The summed E-state index contributed by atoms with van der Waals surface area (Å²) in [6.45, 7) is 4.16. The van der Waals surface area contributed by atoms with E-state index >= 15 is 0 Å². The van der Waals surface area contributed by atoms with Crippen LogP contribution < -0.4 is 10.6 Å². The molecular formula is C34H34N2O2. The number of fused-ring (bicyclic) bond motifs is 2. The number of benzene rings is 4. The minimum atomic E-state index is -0.189. The zero-order valence-corrected chi connectivity index (χ0v) is 21.9. The highest BCUT2D eigenvalue weighted by Gasteiger charge is 2.22. The van der Waals surface area contributed by atoms with Gasteiger partial charge in [0.15, 0.2) is 0 Å². The second kappa shape index (κ2) is 11.5. The van der Waals surface area contributed by atoms with E-state index in [4.69, 9.17) is 0 Å². The lowest BCUT2D eigenvalue weighted by Crippen LogP contribution is -2.33. The van der Waals surface area contributed by atoms with Crippen LogP contribution in [-0.2, 0) is 9.59 Å². The predicted octanol–water partition coefficient (Wildman–Crippen LogP) is 7.19. The third-order valence-corrected chi connectivity index (χ3v) is 7.44. The first-order valence-electron chi connectivity index (χ1n) is 13.4. The lowest BCUT2D eigenvalue weighted by atomic mass is 9.91. The van der Waals surface area contributed by atoms with Crippen molar-refractivity contribution in [2.24, 2.45) is 11.8 Å². The van der Waals surface area contributed by atoms with Crippen LogP contribution in [0.4, 0.5) is 0 Å². The third-order valence-electron chi connectivity index (χ3n) is 7.44. The molecule has 0 aromatic heterocycles. The molecule has 4 aromatic rings. The highest BCUT2D eigenvalue weighted by molar-refractivity contribution is 5.85. The molecule has 38 heavy (non-hydrogen) atoms. The maximum Gasteiger partial charge on any atom is 0.224 e. The molecule has 2 N–H and O–H groups in total. The Morgan fingerprint density at radius 3 is 1.37 bits per heavy atom. The Bertz CT molecular complexity index is 1400. The number of hydrogen-bond donors (Lipinski definition) is 2. The van der Waals surface area contributed by atoms with Crippen LogP contribution in [0.25, 0.3) is 21.5 Å². The van der Waals surface area contributed by atoms with Crippen LogP contribution in [0.5, 0.6) is 0 Å². The van der Waals surface area contributed by atoms with Crippen LogP contribution in [0.1, 0.15) is 49.9 Å². The normalized spacial score (nSPS) is 24.8. The van der Waals surface area contributed by atoms with E-state index in [1.165, 1.54) is 10.8 Å². The molecule has 0 unspecified atom stereocenters. The highest BCUT2D eigenvalue weighted by atomic mass is 16.2. The molecule has 0 radical (unpaired) electrons. The van der Waals surface area contributed by atoms with E-state index in [0.717, 1.165) is 21.9 Å². The van der Waals surface area contributed by atoms with Crippen molar-refractivity contribution in [2.75, 3.05) is 0 Å². The van der Waals surface area contributed by atoms with E-state index in [2.05, 4.69) is 85.1 Å². The van der Waals surface area contributed by atoms with Crippen molar-refractivity contribution >= 4 is 33.4 Å². The Morgan fingerprint density at radius 1 is 0.553 bits per heavy atom. The molecule has 0 fully saturated rings. The van der Waals surface area contributed by atoms with E-state index < -0.39 is 0 Å². The summed E-state index contributed by atoms with van der Waals surface area (Å²) in [5.41, 5.74) is 2.11. The summed E-state index contributed by atoms with van der Waals surface area (Å²) in [7, 11) is 0. The molecular weight excluding hydrogens is 468 g/mol. The number of rotatable bonds is 2. The van der Waals surface area contributed by atoms with Crippen LogP contribution >= 0.6 is 0 Å². The number of carbonyl (C=O) groups excluding carboxylic acids is 2. The van der Waals surface area contributed by atoms with Crippen molar-refractivity contribution in [1.29, 1.82) is 0 Å². The quantitative estimate of drug-likeness (QED) is 0.285. The molecule has 1 aliphatic rings. The van der Waals surface area contributed by atoms with Gasteiger partial charge in [0, 0.05) is 12.8 Å². The highest BCUT2D eigenvalue weighted by Crippen LogP contribution is 2.29. The van der Waals surface area contributed by atoms with Gasteiger partial charge in [-0.25, -0.2) is 0 Å². The van der Waals surface area contributed by atoms with Gasteiger partial charge in [0.25, 0.3) is 0 Å². The first-order chi connectivity index (χ1) is 18.5. The van der Waals surface area contributed by atoms with Crippen molar-refractivity contribution in [3.8, 4) is 0 Å². The summed E-state index contributed by atoms with van der Waals surface area (Å²) in [6.07, 6.45) is 8.48. The summed E-state index contributed by atoms with van der Waals surface area (Å²) in [6, 6.07) is 28.7. The standard InChI is InChI=1S/C34H34N2O2/c1-23-9-7-15-32(38)36-34(30-20-18-26-12-4-6-14-28(26)22-30)24(2)10-8-16-31(37)35-33(23)29-19-17-25-11-3-5-13-27(25)21-29/h3-14,17-24,33-34H,15-16H2,1-2H3,(H,35,37)(H,36,38)/b9-7+,10-8+/t23-,24-,33+,34+/m0/s1. The molecule has 0 bridgehead atoms. The summed E-state index contributed by atoms with van der Waals surface area (Å²) in [4.78, 5) is 26.1. The number of carbonyl (C=O) groups is 2. The smallest absolute Gasteiger partial charge is 0.224 e. The zero-order valence-electron chi connectivity index (χ0n) is 21.9. The summed E-state index contributed by atoms with van der Waals surface area (Å²) in [5, 5.41) is 11.1. The van der Waals surface area contributed by atoms with Gasteiger partial charge in [-0.3, -0.25) is 9.59 Å². The van der Waals surface area contributed by atoms with E-state index in [-0.39, 0.29) is 48.6 Å². The van der Waals surface area contributed by atoms with Crippen LogP contribution in [-0.4, -0.2) is 11.8 Å². The number of hydrogen-bond acceptors (Lipinski definition) is 2. The Labute approximate surface area is 224 Å². The molecule has 0 spiro atoms. The Morgan fingerprint density at radius 2 is 0.947 bits per heavy atom. The average molecular weight is 503 g/mol. The maximum atomic E-state index is 13.0. The SMILES string of the molecule is C[C@H]1/C=C/CC(=O)N[C@@H](c2ccc3ccccc3c2)[C@@H](C)/C=C/CC(=O)N[C@H]1c1ccc2ccccc2c1. The first kappa shape index (κ1) is 25.5. The number of nitrogens with one attached hydrogen (secondary N) is 2. The van der Waals surface area contributed by atoms with Crippen molar-refractivity contribution in [2.45, 2.75) is 38.8 Å². The fraction of sp³-hybridized carbons (Fsp3) is 0.235. The van der Waals surface area contributed by atoms with Crippen molar-refractivity contribution in [3.05, 3.63) is 120 Å². The fourth-order valence-corrected chi connectivity index (χ4v) is 5.31. The van der Waals surface area contributed by atoms with Crippen molar-refractivity contribution < 1.29 is 9.59 Å². The second-order valence-electron chi connectivity index (χ2n) is 10.3. The van der Waals surface area contributed by atoms with Gasteiger partial charge in [-0.2, -0.15) is 0 Å². The molecule has 0 saturated carbocycles. The van der Waals surface area contributed by atoms with Crippen LogP contribution in [0.15, 0.2) is 109 Å². The summed E-state index contributed by atoms with van der Waals surface area (Å²) >= 11 is 0. The molecule has 5 rings (SSSR count). The topological polar surface area (TPSA) is 58.2 Å². The summed E-state index contributed by atoms with van der Waals surface area (Å²) in [5.74, 6) is -0.0181.